The highest BCUT2D eigenvalue weighted by Crippen LogP contribution is 2.37. The molecule has 0 unspecified atom stereocenters. The van der Waals surface area contributed by atoms with Crippen LogP contribution < -0.4 is 5.32 Å². The summed E-state index contributed by atoms with van der Waals surface area (Å²) in [6.07, 6.45) is 0. The molecule has 1 N–H and O–H groups in total. The van der Waals surface area contributed by atoms with E-state index in [2.05, 4.69) is 31.2 Å². The molecule has 0 atom stereocenters. The highest BCUT2D eigenvalue weighted by molar-refractivity contribution is 7.98. The maximum Gasteiger partial charge on any atom is 0.266 e. The van der Waals surface area contributed by atoms with Crippen LogP contribution in [0.3, 0.4) is 0 Å². The van der Waals surface area contributed by atoms with Crippen molar-refractivity contribution < 1.29 is 4.79 Å². The number of carbonyl (C=O) groups is 1. The minimum Gasteiger partial charge on any atom is -0.306 e. The summed E-state index contributed by atoms with van der Waals surface area (Å²) in [5, 5.41) is 9.65. The quantitative estimate of drug-likeness (QED) is 0.920. The van der Waals surface area contributed by atoms with E-state index in [1.807, 2.05) is 34.0 Å². The Labute approximate surface area is 126 Å². The van der Waals surface area contributed by atoms with Crippen LogP contribution in [0.15, 0.2) is 17.5 Å². The van der Waals surface area contributed by atoms with E-state index in [0.29, 0.717) is 0 Å². The molecule has 0 aromatic carbocycles. The zero-order valence-electron chi connectivity index (χ0n) is 11.8. The van der Waals surface area contributed by atoms with Gasteiger partial charge in [-0.25, -0.2) is 4.68 Å². The van der Waals surface area contributed by atoms with E-state index in [1.165, 1.54) is 16.9 Å². The van der Waals surface area contributed by atoms with Gasteiger partial charge in [-0.1, -0.05) is 6.07 Å². The summed E-state index contributed by atoms with van der Waals surface area (Å²) < 4.78 is 1.95. The van der Waals surface area contributed by atoms with Gasteiger partial charge in [-0.15, -0.1) is 11.3 Å². The van der Waals surface area contributed by atoms with E-state index in [4.69, 9.17) is 0 Å². The maximum atomic E-state index is 12.3. The summed E-state index contributed by atoms with van der Waals surface area (Å²) in [5.74, 6) is 2.66. The van der Waals surface area contributed by atoms with Gasteiger partial charge in [0.2, 0.25) is 0 Å². The first kappa shape index (κ1) is 13.7. The molecule has 106 valence electrons. The first-order valence-corrected chi connectivity index (χ1v) is 8.54. The lowest BCUT2D eigenvalue weighted by molar-refractivity contribution is 0.102. The maximum absolute atomic E-state index is 12.3. The monoisotopic (exact) mass is 307 g/mol. The van der Waals surface area contributed by atoms with Gasteiger partial charge in [0.1, 0.15) is 5.82 Å². The number of carbonyl (C=O) groups excluding carboxylic acids is 1. The second-order valence-corrected chi connectivity index (χ2v) is 7.71. The molecule has 0 fully saturated rings. The Morgan fingerprint density at radius 3 is 2.85 bits per heavy atom. The van der Waals surface area contributed by atoms with Crippen LogP contribution in [-0.4, -0.2) is 15.7 Å². The van der Waals surface area contributed by atoms with Crippen molar-refractivity contribution in [2.75, 3.05) is 5.32 Å². The third kappa shape index (κ3) is 2.38. The van der Waals surface area contributed by atoms with Gasteiger partial charge in [0.25, 0.3) is 5.91 Å². The van der Waals surface area contributed by atoms with Crippen LogP contribution >= 0.6 is 23.1 Å². The van der Waals surface area contributed by atoms with Crippen molar-refractivity contribution in [3.8, 4) is 0 Å². The predicted octanol–water partition coefficient (Wildman–Crippen LogP) is 3.70. The molecule has 0 spiro atoms. The lowest BCUT2D eigenvalue weighted by atomic mass is 10.1. The fourth-order valence-electron chi connectivity index (χ4n) is 2.20. The molecular formula is C14H17N3OS2. The van der Waals surface area contributed by atoms with Crippen LogP contribution in [0.25, 0.3) is 0 Å². The Morgan fingerprint density at radius 2 is 2.20 bits per heavy atom. The fraction of sp³-hybridized carbons (Fsp3) is 0.429. The van der Waals surface area contributed by atoms with Gasteiger partial charge in [-0.3, -0.25) is 4.79 Å². The van der Waals surface area contributed by atoms with Crippen molar-refractivity contribution in [1.82, 2.24) is 9.78 Å². The molecule has 6 heteroatoms. The number of hydrogen-bond donors (Lipinski definition) is 1. The van der Waals surface area contributed by atoms with Gasteiger partial charge in [0.15, 0.2) is 0 Å². The average molecular weight is 307 g/mol. The lowest BCUT2D eigenvalue weighted by Gasteiger charge is -2.23. The Bertz CT molecular complexity index is 638. The number of hydrogen-bond acceptors (Lipinski definition) is 4. The molecule has 0 bridgehead atoms. The second kappa shape index (κ2) is 4.93. The number of fused-ring (bicyclic) bond motifs is 1. The highest BCUT2D eigenvalue weighted by atomic mass is 32.2. The smallest absolute Gasteiger partial charge is 0.266 e. The minimum atomic E-state index is -0.146. The third-order valence-corrected chi connectivity index (χ3v) is 5.00. The number of nitrogens with one attached hydrogen (secondary N) is 1. The van der Waals surface area contributed by atoms with Crippen LogP contribution in [0.1, 0.15) is 41.7 Å². The summed E-state index contributed by atoms with van der Waals surface area (Å²) in [7, 11) is 0. The molecule has 2 aromatic rings. The summed E-state index contributed by atoms with van der Waals surface area (Å²) >= 11 is 3.30. The summed E-state index contributed by atoms with van der Waals surface area (Å²) in [5.41, 5.74) is 2.13. The topological polar surface area (TPSA) is 46.9 Å². The number of amides is 1. The number of nitrogens with zero attached hydrogens (tertiary/aromatic N) is 2. The first-order valence-electron chi connectivity index (χ1n) is 6.50. The van der Waals surface area contributed by atoms with E-state index in [1.54, 1.807) is 0 Å². The SMILES string of the molecule is CC(C)(C)n1nc2c(c1NC(=O)c1cccs1)CSC2. The van der Waals surface area contributed by atoms with E-state index < -0.39 is 0 Å². The molecule has 0 aliphatic carbocycles. The molecule has 20 heavy (non-hydrogen) atoms. The van der Waals surface area contributed by atoms with Gasteiger partial charge < -0.3 is 5.32 Å². The molecular weight excluding hydrogens is 290 g/mol. The number of thioether (sulfide) groups is 1. The molecule has 1 amide bonds. The summed E-state index contributed by atoms with van der Waals surface area (Å²) in [4.78, 5) is 13.0. The second-order valence-electron chi connectivity index (χ2n) is 5.78. The van der Waals surface area contributed by atoms with Crippen molar-refractivity contribution in [1.29, 1.82) is 0 Å². The van der Waals surface area contributed by atoms with E-state index in [9.17, 15) is 4.79 Å². The van der Waals surface area contributed by atoms with Gasteiger partial charge >= 0.3 is 0 Å². The van der Waals surface area contributed by atoms with E-state index in [0.717, 1.165) is 27.9 Å². The molecule has 0 saturated carbocycles. The zero-order valence-corrected chi connectivity index (χ0v) is 13.4. The van der Waals surface area contributed by atoms with Gasteiger partial charge in [-0.2, -0.15) is 16.9 Å². The zero-order chi connectivity index (χ0) is 14.3. The Morgan fingerprint density at radius 1 is 1.40 bits per heavy atom. The average Bonchev–Trinajstić information content (AvgIpc) is 3.04. The van der Waals surface area contributed by atoms with Crippen LogP contribution in [0.5, 0.6) is 0 Å². The van der Waals surface area contributed by atoms with Gasteiger partial charge in [0.05, 0.1) is 16.1 Å². The van der Waals surface area contributed by atoms with Crippen LogP contribution in [0.4, 0.5) is 5.82 Å². The van der Waals surface area contributed by atoms with Crippen LogP contribution in [0.2, 0.25) is 0 Å². The largest absolute Gasteiger partial charge is 0.306 e. The number of rotatable bonds is 2. The van der Waals surface area contributed by atoms with Crippen LogP contribution in [0, 0.1) is 0 Å². The first-order chi connectivity index (χ1) is 9.47. The third-order valence-electron chi connectivity index (χ3n) is 3.16. The Balaban J connectivity index is 1.98. The number of thiophene rings is 1. The van der Waals surface area contributed by atoms with Crippen molar-refractivity contribution in [2.24, 2.45) is 0 Å². The summed E-state index contributed by atoms with van der Waals surface area (Å²) in [6, 6.07) is 3.73. The van der Waals surface area contributed by atoms with Gasteiger partial charge in [-0.05, 0) is 32.2 Å². The van der Waals surface area contributed by atoms with Crippen molar-refractivity contribution in [3.05, 3.63) is 33.6 Å². The van der Waals surface area contributed by atoms with E-state index in [-0.39, 0.29) is 11.4 Å². The Kier molecular flexibility index (Phi) is 3.38. The molecule has 3 heterocycles. The molecule has 0 saturated heterocycles. The lowest BCUT2D eigenvalue weighted by Crippen LogP contribution is -2.27. The molecule has 3 rings (SSSR count). The summed E-state index contributed by atoms with van der Waals surface area (Å²) in [6.45, 7) is 6.30. The number of aromatic nitrogens is 2. The minimum absolute atomic E-state index is 0.0508. The number of anilines is 1. The molecule has 1 aliphatic rings. The Hall–Kier alpha value is -1.27. The molecule has 1 aliphatic heterocycles. The normalized spacial score (nSPS) is 14.3. The molecule has 2 aromatic heterocycles. The predicted molar refractivity (Wildman–Crippen MR) is 84.5 cm³/mol. The standard InChI is InChI=1S/C14H17N3OS2/c1-14(2,3)17-12(9-7-19-8-10(9)16-17)15-13(18)11-5-4-6-20-11/h4-6H,7-8H2,1-3H3,(H,15,18). The van der Waals surface area contributed by atoms with E-state index >= 15 is 0 Å². The van der Waals surface area contributed by atoms with Crippen molar-refractivity contribution >= 4 is 34.8 Å². The van der Waals surface area contributed by atoms with Gasteiger partial charge in [0, 0.05) is 17.1 Å². The molecule has 0 radical (unpaired) electrons. The molecule has 4 nitrogen and oxygen atoms in total. The van der Waals surface area contributed by atoms with Crippen molar-refractivity contribution in [2.45, 2.75) is 37.8 Å². The highest BCUT2D eigenvalue weighted by Gasteiger charge is 2.29. The van der Waals surface area contributed by atoms with Crippen molar-refractivity contribution in [3.63, 3.8) is 0 Å². The van der Waals surface area contributed by atoms with Crippen LogP contribution in [-0.2, 0) is 17.0 Å². The fourth-order valence-corrected chi connectivity index (χ4v) is 3.86.